The van der Waals surface area contributed by atoms with Crippen LogP contribution in [0.2, 0.25) is 10.0 Å². The summed E-state index contributed by atoms with van der Waals surface area (Å²) in [5, 5.41) is 22.0. The van der Waals surface area contributed by atoms with Crippen LogP contribution in [0.4, 0.5) is 5.69 Å². The molecule has 0 spiro atoms. The first-order valence-corrected chi connectivity index (χ1v) is 8.17. The van der Waals surface area contributed by atoms with Crippen LogP contribution < -0.4 is 5.43 Å². The molecule has 0 saturated carbocycles. The fraction of sp³-hybridized carbons (Fsp3) is 0.0625. The highest BCUT2D eigenvalue weighted by atomic mass is 35.5. The third-order valence-electron chi connectivity index (χ3n) is 2.75. The van der Waals surface area contributed by atoms with Gasteiger partial charge < -0.3 is 0 Å². The number of nitrogens with zero attached hydrogens (tertiary/aromatic N) is 3. The molecule has 0 aliphatic heterocycles. The van der Waals surface area contributed by atoms with Crippen LogP contribution in [0, 0.1) is 22.7 Å². The summed E-state index contributed by atoms with van der Waals surface area (Å²) < 4.78 is 0. The van der Waals surface area contributed by atoms with Crippen LogP contribution in [0.5, 0.6) is 0 Å². The number of hydrazone groups is 1. The van der Waals surface area contributed by atoms with Gasteiger partial charge in [0.15, 0.2) is 0 Å². The van der Waals surface area contributed by atoms with E-state index < -0.39 is 0 Å². The standard InChI is InChI=1S/C16H10Cl2N4S/c17-15-6-1-11(7-16(15)18)10-23-14-4-2-12(3-5-14)21-22-13(8-19)9-20/h1-7,21H,10H2. The Balaban J connectivity index is 1.95. The molecule has 0 bridgehead atoms. The van der Waals surface area contributed by atoms with Crippen LogP contribution in [-0.4, -0.2) is 5.71 Å². The van der Waals surface area contributed by atoms with Crippen molar-refractivity contribution in [2.45, 2.75) is 10.6 Å². The number of benzene rings is 2. The smallest absolute Gasteiger partial charge is 0.237 e. The maximum atomic E-state index is 8.60. The molecular formula is C16H10Cl2N4S. The number of anilines is 1. The molecule has 4 nitrogen and oxygen atoms in total. The van der Waals surface area contributed by atoms with Gasteiger partial charge in [-0.15, -0.1) is 11.8 Å². The van der Waals surface area contributed by atoms with Gasteiger partial charge in [0.05, 0.1) is 15.7 Å². The Morgan fingerprint density at radius 3 is 2.35 bits per heavy atom. The topological polar surface area (TPSA) is 72.0 Å². The minimum Gasteiger partial charge on any atom is -0.277 e. The molecule has 0 fully saturated rings. The van der Waals surface area contributed by atoms with Crippen molar-refractivity contribution in [2.24, 2.45) is 5.10 Å². The molecule has 23 heavy (non-hydrogen) atoms. The summed E-state index contributed by atoms with van der Waals surface area (Å²) >= 11 is 13.5. The Morgan fingerprint density at radius 1 is 1.04 bits per heavy atom. The molecule has 114 valence electrons. The molecule has 2 aromatic rings. The maximum absolute atomic E-state index is 8.60. The van der Waals surface area contributed by atoms with Crippen LogP contribution >= 0.6 is 35.0 Å². The van der Waals surface area contributed by atoms with Crippen molar-refractivity contribution in [1.82, 2.24) is 0 Å². The molecule has 0 heterocycles. The lowest BCUT2D eigenvalue weighted by molar-refractivity contribution is 1.31. The third-order valence-corrected chi connectivity index (χ3v) is 4.57. The minimum atomic E-state index is -0.219. The zero-order valence-corrected chi connectivity index (χ0v) is 14.1. The normalized spacial score (nSPS) is 9.57. The monoisotopic (exact) mass is 360 g/mol. The molecule has 2 rings (SSSR count). The summed E-state index contributed by atoms with van der Waals surface area (Å²) in [5.74, 6) is 0.773. The molecule has 0 aliphatic rings. The van der Waals surface area contributed by atoms with Crippen molar-refractivity contribution in [3.05, 3.63) is 58.1 Å². The third kappa shape index (κ3) is 5.19. The predicted molar refractivity (Wildman–Crippen MR) is 94.7 cm³/mol. The van der Waals surface area contributed by atoms with Gasteiger partial charge in [0.2, 0.25) is 5.71 Å². The fourth-order valence-electron chi connectivity index (χ4n) is 1.62. The van der Waals surface area contributed by atoms with Gasteiger partial charge in [-0.3, -0.25) is 5.43 Å². The Morgan fingerprint density at radius 2 is 1.74 bits per heavy atom. The van der Waals surface area contributed by atoms with E-state index in [0.29, 0.717) is 15.7 Å². The number of rotatable bonds is 5. The van der Waals surface area contributed by atoms with Gasteiger partial charge >= 0.3 is 0 Å². The van der Waals surface area contributed by atoms with Crippen molar-refractivity contribution in [3.63, 3.8) is 0 Å². The predicted octanol–water partition coefficient (Wildman–Crippen LogP) is 5.10. The lowest BCUT2D eigenvalue weighted by Crippen LogP contribution is -1.95. The summed E-state index contributed by atoms with van der Waals surface area (Å²) in [6.45, 7) is 0. The van der Waals surface area contributed by atoms with Gasteiger partial charge in [0, 0.05) is 10.6 Å². The lowest BCUT2D eigenvalue weighted by atomic mass is 10.2. The van der Waals surface area contributed by atoms with Crippen molar-refractivity contribution < 1.29 is 0 Å². The van der Waals surface area contributed by atoms with Crippen molar-refractivity contribution in [1.29, 1.82) is 10.5 Å². The number of nitriles is 2. The van der Waals surface area contributed by atoms with Gasteiger partial charge in [0.1, 0.15) is 12.1 Å². The highest BCUT2D eigenvalue weighted by molar-refractivity contribution is 7.98. The van der Waals surface area contributed by atoms with Gasteiger partial charge in [-0.05, 0) is 42.0 Å². The van der Waals surface area contributed by atoms with E-state index in [-0.39, 0.29) is 5.71 Å². The first-order valence-electron chi connectivity index (χ1n) is 6.43. The van der Waals surface area contributed by atoms with Crippen molar-refractivity contribution in [2.75, 3.05) is 5.43 Å². The van der Waals surface area contributed by atoms with Crippen LogP contribution in [0.3, 0.4) is 0 Å². The van der Waals surface area contributed by atoms with E-state index in [9.17, 15) is 0 Å². The highest BCUT2D eigenvalue weighted by Gasteiger charge is 2.01. The zero-order chi connectivity index (χ0) is 16.7. The van der Waals surface area contributed by atoms with E-state index in [4.69, 9.17) is 33.7 Å². The van der Waals surface area contributed by atoms with E-state index in [0.717, 1.165) is 16.2 Å². The first-order chi connectivity index (χ1) is 11.1. The minimum absolute atomic E-state index is 0.219. The molecule has 0 aliphatic carbocycles. The highest BCUT2D eigenvalue weighted by Crippen LogP contribution is 2.28. The molecule has 0 saturated heterocycles. The van der Waals surface area contributed by atoms with Crippen LogP contribution in [0.1, 0.15) is 5.56 Å². The molecule has 0 atom stereocenters. The average molecular weight is 361 g/mol. The Hall–Kier alpha value is -2.18. The summed E-state index contributed by atoms with van der Waals surface area (Å²) in [6.07, 6.45) is 0. The number of hydrogen-bond acceptors (Lipinski definition) is 5. The molecule has 0 amide bonds. The van der Waals surface area contributed by atoms with Crippen molar-refractivity contribution >= 4 is 46.4 Å². The van der Waals surface area contributed by atoms with Crippen LogP contribution in [-0.2, 0) is 5.75 Å². The van der Waals surface area contributed by atoms with E-state index in [1.807, 2.05) is 36.4 Å². The van der Waals surface area contributed by atoms with Crippen molar-refractivity contribution in [3.8, 4) is 12.1 Å². The summed E-state index contributed by atoms with van der Waals surface area (Å²) in [4.78, 5) is 1.08. The van der Waals surface area contributed by atoms with E-state index in [1.165, 1.54) is 0 Å². The van der Waals surface area contributed by atoms with Gasteiger partial charge in [-0.2, -0.15) is 15.6 Å². The van der Waals surface area contributed by atoms with Crippen LogP contribution in [0.25, 0.3) is 0 Å². The molecule has 0 aromatic heterocycles. The second-order valence-electron chi connectivity index (χ2n) is 4.36. The average Bonchev–Trinajstić information content (AvgIpc) is 2.58. The molecule has 1 N–H and O–H groups in total. The van der Waals surface area contributed by atoms with Gasteiger partial charge in [0.25, 0.3) is 0 Å². The first kappa shape index (κ1) is 17.2. The van der Waals surface area contributed by atoms with Gasteiger partial charge in [-0.25, -0.2) is 0 Å². The molecular weight excluding hydrogens is 351 g/mol. The van der Waals surface area contributed by atoms with E-state index in [2.05, 4.69) is 10.5 Å². The largest absolute Gasteiger partial charge is 0.277 e. The number of hydrogen-bond donors (Lipinski definition) is 1. The van der Waals surface area contributed by atoms with Crippen LogP contribution in [0.15, 0.2) is 52.5 Å². The second kappa shape index (κ2) is 8.45. The molecule has 7 heteroatoms. The maximum Gasteiger partial charge on any atom is 0.237 e. The van der Waals surface area contributed by atoms with E-state index >= 15 is 0 Å². The molecule has 0 unspecified atom stereocenters. The molecule has 2 aromatic carbocycles. The van der Waals surface area contributed by atoms with E-state index in [1.54, 1.807) is 30.0 Å². The lowest BCUT2D eigenvalue weighted by Gasteiger charge is -2.05. The number of nitrogens with one attached hydrogen (secondary N) is 1. The SMILES string of the molecule is N#CC(C#N)=NNc1ccc(SCc2ccc(Cl)c(Cl)c2)cc1. The molecule has 0 radical (unpaired) electrons. The summed E-state index contributed by atoms with van der Waals surface area (Å²) in [5.41, 5.74) is 4.23. The summed E-state index contributed by atoms with van der Waals surface area (Å²) in [7, 11) is 0. The quantitative estimate of drug-likeness (QED) is 0.457. The fourth-order valence-corrected chi connectivity index (χ4v) is 2.78. The second-order valence-corrected chi connectivity index (χ2v) is 6.22. The number of halogens is 2. The number of thioether (sulfide) groups is 1. The van der Waals surface area contributed by atoms with Gasteiger partial charge in [-0.1, -0.05) is 29.3 Å². The Labute approximate surface area is 148 Å². The Kier molecular flexibility index (Phi) is 6.31. The Bertz CT molecular complexity index is 788. The zero-order valence-electron chi connectivity index (χ0n) is 11.8. The summed E-state index contributed by atoms with van der Waals surface area (Å²) in [6, 6.07) is 16.5.